The molecule has 2 heterocycles. The van der Waals surface area contributed by atoms with Crippen LogP contribution in [0.3, 0.4) is 0 Å². The highest BCUT2D eigenvalue weighted by Gasteiger charge is 2.31. The fourth-order valence-electron chi connectivity index (χ4n) is 2.73. The molecule has 1 unspecified atom stereocenters. The number of aromatic nitrogens is 1. The van der Waals surface area contributed by atoms with Gasteiger partial charge in [-0.25, -0.2) is 4.98 Å². The van der Waals surface area contributed by atoms with Crippen LogP contribution in [0.5, 0.6) is 0 Å². The number of hydrogen-bond acceptors (Lipinski definition) is 4. The molecule has 0 saturated carbocycles. The van der Waals surface area contributed by atoms with Crippen molar-refractivity contribution in [1.82, 2.24) is 15.6 Å². The van der Waals surface area contributed by atoms with Crippen LogP contribution < -0.4 is 10.6 Å². The fraction of sp³-hybridized carbons (Fsp3) is 0.316. The van der Waals surface area contributed by atoms with Crippen molar-refractivity contribution in [3.05, 3.63) is 59.4 Å². The molecule has 1 aromatic heterocycles. The van der Waals surface area contributed by atoms with E-state index in [1.807, 2.05) is 51.1 Å². The Kier molecular flexibility index (Phi) is 4.44. The van der Waals surface area contributed by atoms with Crippen molar-refractivity contribution < 1.29 is 14.0 Å². The Hall–Kier alpha value is -2.89. The first-order chi connectivity index (χ1) is 11.8. The molecule has 0 spiro atoms. The monoisotopic (exact) mass is 339 g/mol. The minimum absolute atomic E-state index is 0.175. The van der Waals surface area contributed by atoms with Crippen molar-refractivity contribution in [2.24, 2.45) is 0 Å². The Morgan fingerprint density at radius 3 is 2.60 bits per heavy atom. The van der Waals surface area contributed by atoms with Gasteiger partial charge in [-0.05, 0) is 11.6 Å². The predicted octanol–water partition coefficient (Wildman–Crippen LogP) is 2.17. The first-order valence-corrected chi connectivity index (χ1v) is 8.16. The van der Waals surface area contributed by atoms with Crippen molar-refractivity contribution in [3.8, 4) is 0 Å². The van der Waals surface area contributed by atoms with Crippen LogP contribution >= 0.6 is 0 Å². The van der Waals surface area contributed by atoms with E-state index < -0.39 is 6.04 Å². The van der Waals surface area contributed by atoms with Crippen LogP contribution in [0.4, 0.5) is 0 Å². The lowest BCUT2D eigenvalue weighted by Crippen LogP contribution is -2.55. The number of carbonyl (C=O) groups excluding carboxylic acids is 2. The summed E-state index contributed by atoms with van der Waals surface area (Å²) in [6.07, 6.45) is 3.34. The maximum atomic E-state index is 12.4. The van der Waals surface area contributed by atoms with Gasteiger partial charge in [0.15, 0.2) is 6.39 Å². The number of carbonyl (C=O) groups is 2. The molecule has 25 heavy (non-hydrogen) atoms. The van der Waals surface area contributed by atoms with Gasteiger partial charge in [-0.2, -0.15) is 0 Å². The number of nitrogens with one attached hydrogen (secondary N) is 2. The maximum absolute atomic E-state index is 12.4. The summed E-state index contributed by atoms with van der Waals surface area (Å²) in [4.78, 5) is 28.9. The molecule has 2 aromatic rings. The van der Waals surface area contributed by atoms with Gasteiger partial charge < -0.3 is 15.1 Å². The van der Waals surface area contributed by atoms with Crippen LogP contribution in [-0.4, -0.2) is 22.8 Å². The van der Waals surface area contributed by atoms with E-state index in [9.17, 15) is 9.59 Å². The molecule has 0 bridgehead atoms. The molecule has 0 aliphatic carbocycles. The second-order valence-corrected chi connectivity index (χ2v) is 7.08. The van der Waals surface area contributed by atoms with Crippen LogP contribution in [-0.2, 0) is 21.4 Å². The highest BCUT2D eigenvalue weighted by atomic mass is 16.3. The highest BCUT2D eigenvalue weighted by Crippen LogP contribution is 2.26. The third-order valence-corrected chi connectivity index (χ3v) is 3.96. The van der Waals surface area contributed by atoms with E-state index in [0.29, 0.717) is 17.9 Å². The zero-order chi connectivity index (χ0) is 18.0. The summed E-state index contributed by atoms with van der Waals surface area (Å²) in [5.41, 5.74) is 1.45. The summed E-state index contributed by atoms with van der Waals surface area (Å²) < 4.78 is 5.43. The number of oxazole rings is 1. The van der Waals surface area contributed by atoms with E-state index in [1.54, 1.807) is 6.08 Å². The molecule has 3 rings (SSSR count). The third-order valence-electron chi connectivity index (χ3n) is 3.96. The van der Waals surface area contributed by atoms with Gasteiger partial charge in [0.2, 0.25) is 5.91 Å². The molecular weight excluding hydrogens is 318 g/mol. The first-order valence-electron chi connectivity index (χ1n) is 8.16. The first kappa shape index (κ1) is 17.0. The molecular formula is C19H21N3O3. The molecule has 1 saturated heterocycles. The lowest BCUT2D eigenvalue weighted by atomic mass is 9.91. The average molecular weight is 339 g/mol. The number of nitrogens with zero attached hydrogens (tertiary/aromatic N) is 1. The number of rotatable bonds is 3. The van der Waals surface area contributed by atoms with Crippen molar-refractivity contribution in [1.29, 1.82) is 0 Å². The normalized spacial score (nSPS) is 19.6. The van der Waals surface area contributed by atoms with Gasteiger partial charge in [-0.1, -0.05) is 51.1 Å². The fourth-order valence-corrected chi connectivity index (χ4v) is 2.73. The van der Waals surface area contributed by atoms with Gasteiger partial charge in [0.05, 0.1) is 0 Å². The molecule has 130 valence electrons. The van der Waals surface area contributed by atoms with Crippen molar-refractivity contribution in [2.45, 2.75) is 38.6 Å². The van der Waals surface area contributed by atoms with Crippen molar-refractivity contribution >= 4 is 17.9 Å². The molecule has 1 aliphatic rings. The minimum Gasteiger partial charge on any atom is -0.447 e. The van der Waals surface area contributed by atoms with Crippen molar-refractivity contribution in [2.75, 3.05) is 0 Å². The molecule has 1 aliphatic heterocycles. The molecule has 6 nitrogen and oxygen atoms in total. The summed E-state index contributed by atoms with van der Waals surface area (Å²) >= 11 is 0. The standard InChI is InChI=1S/C19H21N3O3/c1-19(2,3)16-13(20-11-25-16)10-15-18(24)21-14(17(23)22-15)9-12-7-5-4-6-8-12/h4-8,10-11,14H,9H2,1-3H3,(H,21,24)(H,22,23)/b15-10-. The van der Waals surface area contributed by atoms with Gasteiger partial charge >= 0.3 is 0 Å². The molecule has 1 aromatic carbocycles. The topological polar surface area (TPSA) is 84.2 Å². The second kappa shape index (κ2) is 6.55. The lowest BCUT2D eigenvalue weighted by Gasteiger charge is -2.25. The number of benzene rings is 1. The van der Waals surface area contributed by atoms with Gasteiger partial charge in [0.25, 0.3) is 5.91 Å². The molecule has 6 heteroatoms. The van der Waals surface area contributed by atoms with E-state index in [-0.39, 0.29) is 22.9 Å². The third kappa shape index (κ3) is 3.79. The summed E-state index contributed by atoms with van der Waals surface area (Å²) in [5.74, 6) is 0.0901. The molecule has 2 N–H and O–H groups in total. The molecule has 0 radical (unpaired) electrons. The second-order valence-electron chi connectivity index (χ2n) is 7.08. The molecule has 1 atom stereocenters. The smallest absolute Gasteiger partial charge is 0.268 e. The van der Waals surface area contributed by atoms with E-state index in [4.69, 9.17) is 4.42 Å². The Bertz CT molecular complexity index is 816. The molecule has 2 amide bonds. The SMILES string of the molecule is CC(C)(C)c1ocnc1/C=C1\NC(=O)C(Cc2ccccc2)NC1=O. The Balaban J connectivity index is 1.78. The maximum Gasteiger partial charge on any atom is 0.268 e. The Labute approximate surface area is 146 Å². The van der Waals surface area contributed by atoms with Crippen LogP contribution in [0, 0.1) is 0 Å². The quantitative estimate of drug-likeness (QED) is 0.840. The summed E-state index contributed by atoms with van der Waals surface area (Å²) in [6, 6.07) is 8.98. The summed E-state index contributed by atoms with van der Waals surface area (Å²) in [5, 5.41) is 5.44. The number of hydrogen-bond donors (Lipinski definition) is 2. The number of piperazine rings is 1. The Morgan fingerprint density at radius 2 is 1.92 bits per heavy atom. The van der Waals surface area contributed by atoms with E-state index in [1.165, 1.54) is 6.39 Å². The highest BCUT2D eigenvalue weighted by molar-refractivity contribution is 6.07. The number of amides is 2. The molecule has 1 fully saturated rings. The van der Waals surface area contributed by atoms with Crippen LogP contribution in [0.25, 0.3) is 6.08 Å². The van der Waals surface area contributed by atoms with E-state index in [0.717, 1.165) is 5.56 Å². The summed E-state index contributed by atoms with van der Waals surface area (Å²) in [7, 11) is 0. The van der Waals surface area contributed by atoms with Gasteiger partial charge in [-0.15, -0.1) is 0 Å². The predicted molar refractivity (Wildman–Crippen MR) is 93.4 cm³/mol. The Morgan fingerprint density at radius 1 is 1.20 bits per heavy atom. The average Bonchev–Trinajstić information content (AvgIpc) is 3.02. The van der Waals surface area contributed by atoms with E-state index in [2.05, 4.69) is 15.6 Å². The largest absolute Gasteiger partial charge is 0.447 e. The summed E-state index contributed by atoms with van der Waals surface area (Å²) in [6.45, 7) is 5.97. The van der Waals surface area contributed by atoms with Gasteiger partial charge in [0, 0.05) is 11.8 Å². The zero-order valence-corrected chi connectivity index (χ0v) is 14.5. The van der Waals surface area contributed by atoms with Gasteiger partial charge in [-0.3, -0.25) is 9.59 Å². The van der Waals surface area contributed by atoms with Crippen LogP contribution in [0.1, 0.15) is 37.8 Å². The lowest BCUT2D eigenvalue weighted by molar-refractivity contribution is -0.131. The van der Waals surface area contributed by atoms with Gasteiger partial charge in [0.1, 0.15) is 23.2 Å². The van der Waals surface area contributed by atoms with Crippen molar-refractivity contribution in [3.63, 3.8) is 0 Å². The van der Waals surface area contributed by atoms with Crippen LogP contribution in [0.15, 0.2) is 46.8 Å². The van der Waals surface area contributed by atoms with Crippen LogP contribution in [0.2, 0.25) is 0 Å². The zero-order valence-electron chi connectivity index (χ0n) is 14.5. The minimum atomic E-state index is -0.591. The van der Waals surface area contributed by atoms with E-state index >= 15 is 0 Å².